The number of para-hydroxylation sites is 1. The van der Waals surface area contributed by atoms with Crippen molar-refractivity contribution in [3.8, 4) is 5.69 Å². The monoisotopic (exact) mass is 352 g/mol. The standard InChI is InChI=1S/C19H20N4OS/c24-19(18-12-20-15-23(18)17-4-2-1-3-5-17)22-9-7-21(8-10-22)13-16-6-11-25-14-16/h1-6,11-12,14-15H,7-10,13H2. The van der Waals surface area contributed by atoms with Gasteiger partial charge in [0.2, 0.25) is 0 Å². The topological polar surface area (TPSA) is 41.4 Å². The molecule has 1 amide bonds. The summed E-state index contributed by atoms with van der Waals surface area (Å²) in [6.07, 6.45) is 3.36. The molecule has 3 aromatic rings. The highest BCUT2D eigenvalue weighted by Crippen LogP contribution is 2.16. The zero-order valence-electron chi connectivity index (χ0n) is 13.9. The number of nitrogens with zero attached hydrogens (tertiary/aromatic N) is 4. The predicted molar refractivity (Wildman–Crippen MR) is 99.1 cm³/mol. The lowest BCUT2D eigenvalue weighted by Crippen LogP contribution is -2.48. The average Bonchev–Trinajstić information content (AvgIpc) is 3.34. The number of aromatic nitrogens is 2. The van der Waals surface area contributed by atoms with E-state index < -0.39 is 0 Å². The number of imidazole rings is 1. The first kappa shape index (κ1) is 16.1. The van der Waals surface area contributed by atoms with Crippen LogP contribution in [0.4, 0.5) is 0 Å². The first-order valence-electron chi connectivity index (χ1n) is 8.42. The SMILES string of the molecule is O=C(c1cncn1-c1ccccc1)N1CCN(Cc2ccsc2)CC1. The van der Waals surface area contributed by atoms with Gasteiger partial charge in [0.1, 0.15) is 5.69 Å². The van der Waals surface area contributed by atoms with E-state index in [1.165, 1.54) is 5.56 Å². The third-order valence-corrected chi connectivity index (χ3v) is 5.27. The minimum atomic E-state index is 0.0523. The van der Waals surface area contributed by atoms with E-state index in [0.29, 0.717) is 5.69 Å². The van der Waals surface area contributed by atoms with E-state index in [1.807, 2.05) is 39.8 Å². The number of hydrogen-bond acceptors (Lipinski definition) is 4. The molecule has 4 rings (SSSR count). The summed E-state index contributed by atoms with van der Waals surface area (Å²) >= 11 is 1.73. The van der Waals surface area contributed by atoms with Crippen LogP contribution in [0.5, 0.6) is 0 Å². The van der Waals surface area contributed by atoms with Gasteiger partial charge in [-0.3, -0.25) is 14.3 Å². The van der Waals surface area contributed by atoms with Gasteiger partial charge in [-0.1, -0.05) is 18.2 Å². The van der Waals surface area contributed by atoms with Crippen molar-refractivity contribution in [3.63, 3.8) is 0 Å². The Bertz CT molecular complexity index is 820. The van der Waals surface area contributed by atoms with Crippen LogP contribution in [-0.4, -0.2) is 51.4 Å². The summed E-state index contributed by atoms with van der Waals surface area (Å²) in [6, 6.07) is 12.0. The fourth-order valence-corrected chi connectivity index (χ4v) is 3.82. The average molecular weight is 352 g/mol. The molecule has 1 aliphatic rings. The Morgan fingerprint density at radius 3 is 2.60 bits per heavy atom. The second-order valence-electron chi connectivity index (χ2n) is 6.18. The van der Waals surface area contributed by atoms with Gasteiger partial charge in [-0.2, -0.15) is 11.3 Å². The Hall–Kier alpha value is -2.44. The fraction of sp³-hybridized carbons (Fsp3) is 0.263. The zero-order valence-corrected chi connectivity index (χ0v) is 14.7. The van der Waals surface area contributed by atoms with E-state index in [2.05, 4.69) is 26.7 Å². The van der Waals surface area contributed by atoms with E-state index >= 15 is 0 Å². The van der Waals surface area contributed by atoms with Crippen molar-refractivity contribution in [2.75, 3.05) is 26.2 Å². The first-order chi connectivity index (χ1) is 12.3. The number of carbonyl (C=O) groups excluding carboxylic acids is 1. The Balaban J connectivity index is 1.42. The molecular formula is C19H20N4OS. The number of amides is 1. The third kappa shape index (κ3) is 3.50. The van der Waals surface area contributed by atoms with Crippen molar-refractivity contribution >= 4 is 17.2 Å². The summed E-state index contributed by atoms with van der Waals surface area (Å²) in [7, 11) is 0. The second-order valence-corrected chi connectivity index (χ2v) is 6.96. The van der Waals surface area contributed by atoms with Gasteiger partial charge in [-0.05, 0) is 34.5 Å². The van der Waals surface area contributed by atoms with Crippen molar-refractivity contribution < 1.29 is 4.79 Å². The van der Waals surface area contributed by atoms with Crippen LogP contribution < -0.4 is 0 Å². The molecule has 1 fully saturated rings. The largest absolute Gasteiger partial charge is 0.335 e. The summed E-state index contributed by atoms with van der Waals surface area (Å²) in [5.74, 6) is 0.0523. The van der Waals surface area contributed by atoms with Gasteiger partial charge in [0, 0.05) is 38.4 Å². The van der Waals surface area contributed by atoms with Crippen molar-refractivity contribution in [2.45, 2.75) is 6.54 Å². The molecule has 0 unspecified atom stereocenters. The van der Waals surface area contributed by atoms with E-state index in [1.54, 1.807) is 23.9 Å². The molecule has 1 aliphatic heterocycles. The van der Waals surface area contributed by atoms with Crippen molar-refractivity contribution in [2.24, 2.45) is 0 Å². The number of rotatable bonds is 4. The third-order valence-electron chi connectivity index (χ3n) is 4.54. The fourth-order valence-electron chi connectivity index (χ4n) is 3.16. The van der Waals surface area contributed by atoms with E-state index in [9.17, 15) is 4.79 Å². The molecule has 5 nitrogen and oxygen atoms in total. The normalized spacial score (nSPS) is 15.4. The highest BCUT2D eigenvalue weighted by Gasteiger charge is 2.24. The molecule has 0 atom stereocenters. The van der Waals surface area contributed by atoms with Crippen LogP contribution in [0.25, 0.3) is 5.69 Å². The minimum absolute atomic E-state index is 0.0523. The number of hydrogen-bond donors (Lipinski definition) is 0. The van der Waals surface area contributed by atoms with Crippen molar-refractivity contribution in [1.29, 1.82) is 0 Å². The number of carbonyl (C=O) groups is 1. The Labute approximate surface area is 151 Å². The van der Waals surface area contributed by atoms with Crippen LogP contribution in [0.2, 0.25) is 0 Å². The molecule has 3 heterocycles. The molecular weight excluding hydrogens is 332 g/mol. The van der Waals surface area contributed by atoms with Gasteiger partial charge < -0.3 is 4.90 Å². The lowest BCUT2D eigenvalue weighted by Gasteiger charge is -2.34. The molecule has 1 saturated heterocycles. The number of piperazine rings is 1. The molecule has 6 heteroatoms. The molecule has 0 saturated carbocycles. The molecule has 25 heavy (non-hydrogen) atoms. The van der Waals surface area contributed by atoms with Gasteiger partial charge in [0.15, 0.2) is 0 Å². The quantitative estimate of drug-likeness (QED) is 0.725. The zero-order chi connectivity index (χ0) is 17.1. The van der Waals surface area contributed by atoms with Crippen LogP contribution in [0.15, 0.2) is 59.7 Å². The van der Waals surface area contributed by atoms with E-state index in [0.717, 1.165) is 38.4 Å². The number of thiophene rings is 1. The van der Waals surface area contributed by atoms with Crippen molar-refractivity contribution in [3.05, 3.63) is 70.9 Å². The van der Waals surface area contributed by atoms with Crippen LogP contribution in [-0.2, 0) is 6.54 Å². The predicted octanol–water partition coefficient (Wildman–Crippen LogP) is 2.89. The van der Waals surface area contributed by atoms with Crippen LogP contribution in [0.3, 0.4) is 0 Å². The highest BCUT2D eigenvalue weighted by atomic mass is 32.1. The van der Waals surface area contributed by atoms with Gasteiger partial charge in [-0.25, -0.2) is 4.98 Å². The van der Waals surface area contributed by atoms with Gasteiger partial charge in [0.25, 0.3) is 5.91 Å². The molecule has 0 N–H and O–H groups in total. The summed E-state index contributed by atoms with van der Waals surface area (Å²) in [4.78, 5) is 21.4. The van der Waals surface area contributed by atoms with Crippen LogP contribution >= 0.6 is 11.3 Å². The molecule has 0 spiro atoms. The Kier molecular flexibility index (Phi) is 4.63. The van der Waals surface area contributed by atoms with Gasteiger partial charge >= 0.3 is 0 Å². The van der Waals surface area contributed by atoms with Gasteiger partial charge in [0.05, 0.1) is 12.5 Å². The molecule has 0 aliphatic carbocycles. The van der Waals surface area contributed by atoms with E-state index in [-0.39, 0.29) is 5.91 Å². The maximum Gasteiger partial charge on any atom is 0.272 e. The maximum atomic E-state index is 12.9. The minimum Gasteiger partial charge on any atom is -0.335 e. The number of benzene rings is 1. The molecule has 2 aromatic heterocycles. The summed E-state index contributed by atoms with van der Waals surface area (Å²) in [5, 5.41) is 4.30. The second kappa shape index (κ2) is 7.21. The Morgan fingerprint density at radius 2 is 1.88 bits per heavy atom. The lowest BCUT2D eigenvalue weighted by molar-refractivity contribution is 0.0621. The summed E-state index contributed by atoms with van der Waals surface area (Å²) < 4.78 is 1.86. The maximum absolute atomic E-state index is 12.9. The molecule has 0 bridgehead atoms. The first-order valence-corrected chi connectivity index (χ1v) is 9.36. The van der Waals surface area contributed by atoms with E-state index in [4.69, 9.17) is 0 Å². The summed E-state index contributed by atoms with van der Waals surface area (Å²) in [6.45, 7) is 4.28. The lowest BCUT2D eigenvalue weighted by atomic mass is 10.2. The summed E-state index contributed by atoms with van der Waals surface area (Å²) in [5.41, 5.74) is 2.93. The highest BCUT2D eigenvalue weighted by molar-refractivity contribution is 7.07. The smallest absolute Gasteiger partial charge is 0.272 e. The van der Waals surface area contributed by atoms with Crippen molar-refractivity contribution in [1.82, 2.24) is 19.4 Å². The molecule has 1 aromatic carbocycles. The molecule has 0 radical (unpaired) electrons. The van der Waals surface area contributed by atoms with Gasteiger partial charge in [-0.15, -0.1) is 0 Å². The van der Waals surface area contributed by atoms with Crippen LogP contribution in [0.1, 0.15) is 16.1 Å². The van der Waals surface area contributed by atoms with Crippen LogP contribution in [0, 0.1) is 0 Å². The molecule has 128 valence electrons. The Morgan fingerprint density at radius 1 is 1.08 bits per heavy atom.